The summed E-state index contributed by atoms with van der Waals surface area (Å²) in [6.07, 6.45) is 0.835. The molecule has 2 atom stereocenters. The van der Waals surface area contributed by atoms with Crippen LogP contribution in [0.3, 0.4) is 0 Å². The van der Waals surface area contributed by atoms with Crippen LogP contribution in [0.15, 0.2) is 54.6 Å². The molecule has 1 heterocycles. The lowest BCUT2D eigenvalue weighted by Crippen LogP contribution is -2.35. The zero-order chi connectivity index (χ0) is 19.9. The maximum atomic E-state index is 12.4. The Labute approximate surface area is 170 Å². The van der Waals surface area contributed by atoms with Crippen molar-refractivity contribution in [3.63, 3.8) is 0 Å². The number of nitrogens with zero attached hydrogens (tertiary/aromatic N) is 1. The van der Waals surface area contributed by atoms with E-state index in [9.17, 15) is 9.59 Å². The van der Waals surface area contributed by atoms with Crippen molar-refractivity contribution >= 4 is 23.6 Å². The lowest BCUT2D eigenvalue weighted by Gasteiger charge is -2.24. The average Bonchev–Trinajstić information content (AvgIpc) is 3.08. The van der Waals surface area contributed by atoms with Crippen molar-refractivity contribution in [2.75, 3.05) is 26.0 Å². The van der Waals surface area contributed by atoms with Gasteiger partial charge in [0.15, 0.2) is 0 Å². The molecule has 5 nitrogen and oxygen atoms in total. The van der Waals surface area contributed by atoms with Crippen LogP contribution < -0.4 is 5.32 Å². The first-order valence-electron chi connectivity index (χ1n) is 9.43. The standard InChI is InChI=1S/C22H26N2O3S/c1-16(14-27-2)23-21(26)18-8-10-19(11-9-18)22-24(20(25)15-28-22)13-12-17-6-4-3-5-7-17/h3-11,16,22H,12-15H2,1-2H3,(H,23,26)/t16-,22+/m1/s1. The number of nitrogens with one attached hydrogen (secondary N) is 1. The van der Waals surface area contributed by atoms with Gasteiger partial charge in [0.25, 0.3) is 5.91 Å². The van der Waals surface area contributed by atoms with Gasteiger partial charge in [-0.15, -0.1) is 11.8 Å². The summed E-state index contributed by atoms with van der Waals surface area (Å²) in [4.78, 5) is 26.6. The predicted octanol–water partition coefficient (Wildman–Crippen LogP) is 3.27. The van der Waals surface area contributed by atoms with Gasteiger partial charge in [0, 0.05) is 25.3 Å². The second-order valence-corrected chi connectivity index (χ2v) is 8.01. The second kappa shape index (κ2) is 9.75. The van der Waals surface area contributed by atoms with Crippen molar-refractivity contribution < 1.29 is 14.3 Å². The summed E-state index contributed by atoms with van der Waals surface area (Å²) < 4.78 is 5.05. The third-order valence-electron chi connectivity index (χ3n) is 4.70. The highest BCUT2D eigenvalue weighted by Gasteiger charge is 2.32. The Hall–Kier alpha value is -2.31. The lowest BCUT2D eigenvalue weighted by molar-refractivity contribution is -0.128. The van der Waals surface area contributed by atoms with Gasteiger partial charge in [-0.05, 0) is 36.6 Å². The number of benzene rings is 2. The third kappa shape index (κ3) is 5.14. The third-order valence-corrected chi connectivity index (χ3v) is 5.96. The van der Waals surface area contributed by atoms with Crippen LogP contribution in [-0.2, 0) is 16.0 Å². The van der Waals surface area contributed by atoms with E-state index in [4.69, 9.17) is 4.74 Å². The van der Waals surface area contributed by atoms with E-state index in [0.29, 0.717) is 24.5 Å². The number of hydrogen-bond acceptors (Lipinski definition) is 4. The molecule has 1 saturated heterocycles. The van der Waals surface area contributed by atoms with Crippen LogP contribution in [0.4, 0.5) is 0 Å². The van der Waals surface area contributed by atoms with E-state index in [1.165, 1.54) is 5.56 Å². The minimum absolute atomic E-state index is 0.000684. The van der Waals surface area contributed by atoms with Gasteiger partial charge in [0.2, 0.25) is 5.91 Å². The monoisotopic (exact) mass is 398 g/mol. The Bertz CT molecular complexity index is 795. The number of methoxy groups -OCH3 is 1. The van der Waals surface area contributed by atoms with E-state index in [0.717, 1.165) is 12.0 Å². The van der Waals surface area contributed by atoms with Crippen LogP contribution in [0.25, 0.3) is 0 Å². The van der Waals surface area contributed by atoms with E-state index in [1.807, 2.05) is 54.3 Å². The summed E-state index contributed by atoms with van der Waals surface area (Å²) in [6.45, 7) is 3.07. The first-order chi connectivity index (χ1) is 13.6. The van der Waals surface area contributed by atoms with Crippen LogP contribution in [0.1, 0.15) is 33.8 Å². The van der Waals surface area contributed by atoms with Gasteiger partial charge in [-0.3, -0.25) is 9.59 Å². The SMILES string of the molecule is COC[C@@H](C)NC(=O)c1ccc([C@@H]2SCC(=O)N2CCc2ccccc2)cc1. The molecule has 0 aromatic heterocycles. The molecule has 1 aliphatic heterocycles. The van der Waals surface area contributed by atoms with Gasteiger partial charge in [-0.2, -0.15) is 0 Å². The van der Waals surface area contributed by atoms with Crippen LogP contribution >= 0.6 is 11.8 Å². The summed E-state index contributed by atoms with van der Waals surface area (Å²) in [5.41, 5.74) is 2.88. The van der Waals surface area contributed by atoms with Gasteiger partial charge < -0.3 is 15.0 Å². The summed E-state index contributed by atoms with van der Waals surface area (Å²) in [7, 11) is 1.61. The molecule has 148 valence electrons. The smallest absolute Gasteiger partial charge is 0.251 e. The number of ether oxygens (including phenoxy) is 1. The molecule has 0 unspecified atom stereocenters. The lowest BCUT2D eigenvalue weighted by atomic mass is 10.1. The fourth-order valence-electron chi connectivity index (χ4n) is 3.26. The van der Waals surface area contributed by atoms with Crippen LogP contribution in [0.5, 0.6) is 0 Å². The van der Waals surface area contributed by atoms with Crippen LogP contribution in [-0.4, -0.2) is 48.8 Å². The molecule has 0 radical (unpaired) electrons. The molecule has 0 bridgehead atoms. The molecule has 0 saturated carbocycles. The number of amides is 2. The molecule has 6 heteroatoms. The molecule has 1 aliphatic rings. The average molecular weight is 399 g/mol. The molecule has 0 spiro atoms. The Balaban J connectivity index is 1.64. The fraction of sp³-hybridized carbons (Fsp3) is 0.364. The van der Waals surface area contributed by atoms with Crippen molar-refractivity contribution in [1.82, 2.24) is 10.2 Å². The quantitative estimate of drug-likeness (QED) is 0.741. The summed E-state index contributed by atoms with van der Waals surface area (Å²) >= 11 is 1.64. The van der Waals surface area contributed by atoms with Gasteiger partial charge >= 0.3 is 0 Å². The number of hydrogen-bond donors (Lipinski definition) is 1. The second-order valence-electron chi connectivity index (χ2n) is 6.94. The Morgan fingerprint density at radius 2 is 1.93 bits per heavy atom. The van der Waals surface area contributed by atoms with Crippen LogP contribution in [0, 0.1) is 0 Å². The molecule has 3 rings (SSSR count). The Kier molecular flexibility index (Phi) is 7.12. The molecule has 2 aromatic rings. The summed E-state index contributed by atoms with van der Waals surface area (Å²) in [6, 6.07) is 17.7. The minimum atomic E-state index is -0.118. The maximum Gasteiger partial charge on any atom is 0.251 e. The number of rotatable bonds is 8. The predicted molar refractivity (Wildman–Crippen MR) is 112 cm³/mol. The molecule has 0 aliphatic carbocycles. The highest BCUT2D eigenvalue weighted by atomic mass is 32.2. The van der Waals surface area contributed by atoms with Gasteiger partial charge in [0.1, 0.15) is 5.37 Å². The number of carbonyl (C=O) groups is 2. The zero-order valence-electron chi connectivity index (χ0n) is 16.3. The first kappa shape index (κ1) is 20.4. The van der Waals surface area contributed by atoms with Crippen molar-refractivity contribution in [2.24, 2.45) is 0 Å². The van der Waals surface area contributed by atoms with Crippen molar-refractivity contribution in [1.29, 1.82) is 0 Å². The topological polar surface area (TPSA) is 58.6 Å². The van der Waals surface area contributed by atoms with E-state index >= 15 is 0 Å². The van der Waals surface area contributed by atoms with Crippen molar-refractivity contribution in [3.05, 3.63) is 71.3 Å². The van der Waals surface area contributed by atoms with Crippen molar-refractivity contribution in [2.45, 2.75) is 24.8 Å². The molecule has 2 amide bonds. The molecule has 28 heavy (non-hydrogen) atoms. The van der Waals surface area contributed by atoms with Crippen molar-refractivity contribution in [3.8, 4) is 0 Å². The summed E-state index contributed by atoms with van der Waals surface area (Å²) in [5, 5.41) is 2.91. The molecule has 1 fully saturated rings. The normalized spacial score (nSPS) is 17.6. The van der Waals surface area contributed by atoms with Crippen LogP contribution in [0.2, 0.25) is 0 Å². The van der Waals surface area contributed by atoms with E-state index in [1.54, 1.807) is 18.9 Å². The van der Waals surface area contributed by atoms with Gasteiger partial charge in [-0.25, -0.2) is 0 Å². The maximum absolute atomic E-state index is 12.4. The largest absolute Gasteiger partial charge is 0.383 e. The Morgan fingerprint density at radius 3 is 2.61 bits per heavy atom. The number of carbonyl (C=O) groups excluding carboxylic acids is 2. The van der Waals surface area contributed by atoms with Gasteiger partial charge in [0.05, 0.1) is 12.4 Å². The number of thioether (sulfide) groups is 1. The van der Waals surface area contributed by atoms with E-state index < -0.39 is 0 Å². The highest BCUT2D eigenvalue weighted by Crippen LogP contribution is 2.38. The summed E-state index contributed by atoms with van der Waals surface area (Å²) in [5.74, 6) is 0.546. The molecule has 2 aromatic carbocycles. The highest BCUT2D eigenvalue weighted by molar-refractivity contribution is 8.00. The molecular formula is C22H26N2O3S. The molecular weight excluding hydrogens is 372 g/mol. The van der Waals surface area contributed by atoms with Gasteiger partial charge in [-0.1, -0.05) is 42.5 Å². The van der Waals surface area contributed by atoms with E-state index in [-0.39, 0.29) is 23.2 Å². The Morgan fingerprint density at radius 1 is 1.21 bits per heavy atom. The van der Waals surface area contributed by atoms with E-state index in [2.05, 4.69) is 17.4 Å². The molecule has 1 N–H and O–H groups in total. The zero-order valence-corrected chi connectivity index (χ0v) is 17.1. The fourth-order valence-corrected chi connectivity index (χ4v) is 4.48. The minimum Gasteiger partial charge on any atom is -0.383 e. The first-order valence-corrected chi connectivity index (χ1v) is 10.5.